The van der Waals surface area contributed by atoms with Crippen LogP contribution >= 0.6 is 23.1 Å². The average Bonchev–Trinajstić information content (AvgIpc) is 2.86. The second-order valence-corrected chi connectivity index (χ2v) is 8.39. The van der Waals surface area contributed by atoms with Crippen molar-refractivity contribution in [1.82, 2.24) is 14.9 Å². The number of carbonyl (C=O) groups excluding carboxylic acids is 1. The maximum Gasteiger partial charge on any atom is 0.253 e. The highest BCUT2D eigenvalue weighted by molar-refractivity contribution is 7.98. The van der Waals surface area contributed by atoms with E-state index < -0.39 is 0 Å². The van der Waals surface area contributed by atoms with Crippen LogP contribution in [0.1, 0.15) is 32.2 Å². The van der Waals surface area contributed by atoms with Crippen LogP contribution in [0.25, 0.3) is 10.2 Å². The number of carbonyl (C=O) groups is 1. The van der Waals surface area contributed by atoms with Crippen LogP contribution in [0.2, 0.25) is 0 Å². The molecule has 4 nitrogen and oxygen atoms in total. The molecule has 0 N–H and O–H groups in total. The van der Waals surface area contributed by atoms with E-state index in [0.29, 0.717) is 5.56 Å². The Labute approximate surface area is 156 Å². The van der Waals surface area contributed by atoms with E-state index in [9.17, 15) is 4.79 Å². The Bertz CT molecular complexity index is 930. The predicted molar refractivity (Wildman–Crippen MR) is 106 cm³/mol. The van der Waals surface area contributed by atoms with Gasteiger partial charge in [-0.2, -0.15) is 0 Å². The lowest BCUT2D eigenvalue weighted by atomic mass is 10.1. The second-order valence-electron chi connectivity index (χ2n) is 6.22. The van der Waals surface area contributed by atoms with Crippen LogP contribution in [-0.2, 0) is 5.75 Å². The van der Waals surface area contributed by atoms with E-state index in [-0.39, 0.29) is 5.91 Å². The van der Waals surface area contributed by atoms with E-state index >= 15 is 0 Å². The average molecular weight is 372 g/mol. The molecule has 1 aromatic carbocycles. The molecule has 0 aliphatic rings. The number of aromatic nitrogens is 2. The number of benzene rings is 1. The molecule has 0 saturated heterocycles. The highest BCUT2D eigenvalue weighted by atomic mass is 32.2. The number of fused-ring (bicyclic) bond motifs is 1. The molecule has 25 heavy (non-hydrogen) atoms. The van der Waals surface area contributed by atoms with Crippen molar-refractivity contribution in [2.24, 2.45) is 0 Å². The Morgan fingerprint density at radius 1 is 1.12 bits per heavy atom. The van der Waals surface area contributed by atoms with Gasteiger partial charge in [-0.15, -0.1) is 23.1 Å². The first-order valence-corrected chi connectivity index (χ1v) is 9.84. The maximum absolute atomic E-state index is 12.0. The largest absolute Gasteiger partial charge is 0.345 e. The van der Waals surface area contributed by atoms with Gasteiger partial charge in [-0.3, -0.25) is 4.79 Å². The van der Waals surface area contributed by atoms with Crippen molar-refractivity contribution < 1.29 is 4.79 Å². The molecule has 130 valence electrons. The SMILES string of the molecule is Cc1nc(SCc2ccc(C(=O)N(C)C)cc2)c2c(C)c(C)sc2n1. The van der Waals surface area contributed by atoms with Crippen LogP contribution in [0, 0.1) is 20.8 Å². The number of aryl methyl sites for hydroxylation is 3. The number of hydrogen-bond donors (Lipinski definition) is 0. The molecule has 1 amide bonds. The number of nitrogens with zero attached hydrogens (tertiary/aromatic N) is 3. The number of thiophene rings is 1. The number of hydrogen-bond acceptors (Lipinski definition) is 5. The van der Waals surface area contributed by atoms with Gasteiger partial charge in [0.1, 0.15) is 15.7 Å². The molecule has 0 spiro atoms. The molecule has 0 fully saturated rings. The minimum absolute atomic E-state index is 0.0247. The number of rotatable bonds is 4. The minimum Gasteiger partial charge on any atom is -0.345 e. The second kappa shape index (κ2) is 7.14. The lowest BCUT2D eigenvalue weighted by molar-refractivity contribution is 0.0827. The molecule has 0 aliphatic heterocycles. The van der Waals surface area contributed by atoms with Crippen LogP contribution in [0.3, 0.4) is 0 Å². The summed E-state index contributed by atoms with van der Waals surface area (Å²) in [5, 5.41) is 2.22. The molecule has 0 bridgehead atoms. The summed E-state index contributed by atoms with van der Waals surface area (Å²) >= 11 is 3.46. The van der Waals surface area contributed by atoms with E-state index in [1.807, 2.05) is 31.2 Å². The summed E-state index contributed by atoms with van der Waals surface area (Å²) in [6.07, 6.45) is 0. The molecule has 0 radical (unpaired) electrons. The van der Waals surface area contributed by atoms with Gasteiger partial charge in [0, 0.05) is 35.7 Å². The molecule has 6 heteroatoms. The smallest absolute Gasteiger partial charge is 0.253 e. The zero-order chi connectivity index (χ0) is 18.1. The monoisotopic (exact) mass is 371 g/mol. The van der Waals surface area contributed by atoms with Gasteiger partial charge in [-0.05, 0) is 44.0 Å². The number of amides is 1. The fourth-order valence-electron chi connectivity index (χ4n) is 2.57. The zero-order valence-electron chi connectivity index (χ0n) is 15.1. The normalized spacial score (nSPS) is 11.1. The van der Waals surface area contributed by atoms with Crippen molar-refractivity contribution in [2.45, 2.75) is 31.6 Å². The summed E-state index contributed by atoms with van der Waals surface area (Å²) in [5.74, 6) is 1.65. The summed E-state index contributed by atoms with van der Waals surface area (Å²) in [5.41, 5.74) is 3.16. The van der Waals surface area contributed by atoms with Gasteiger partial charge in [-0.25, -0.2) is 9.97 Å². The van der Waals surface area contributed by atoms with Crippen molar-refractivity contribution in [1.29, 1.82) is 0 Å². The van der Waals surface area contributed by atoms with Crippen LogP contribution < -0.4 is 0 Å². The predicted octanol–water partition coefficient (Wildman–Crippen LogP) is 4.61. The maximum atomic E-state index is 12.0. The number of thioether (sulfide) groups is 1. The van der Waals surface area contributed by atoms with E-state index in [1.165, 1.54) is 21.4 Å². The van der Waals surface area contributed by atoms with Crippen molar-refractivity contribution >= 4 is 39.2 Å². The molecule has 3 rings (SSSR count). The Morgan fingerprint density at radius 2 is 1.80 bits per heavy atom. The van der Waals surface area contributed by atoms with Gasteiger partial charge in [0.05, 0.1) is 0 Å². The van der Waals surface area contributed by atoms with E-state index in [4.69, 9.17) is 0 Å². The van der Waals surface area contributed by atoms with E-state index in [0.717, 1.165) is 21.4 Å². The van der Waals surface area contributed by atoms with Crippen molar-refractivity contribution in [3.05, 3.63) is 51.7 Å². The third kappa shape index (κ3) is 3.70. The van der Waals surface area contributed by atoms with Gasteiger partial charge < -0.3 is 4.90 Å². The van der Waals surface area contributed by atoms with Gasteiger partial charge in [0.25, 0.3) is 5.91 Å². The van der Waals surface area contributed by atoms with Crippen LogP contribution in [0.5, 0.6) is 0 Å². The Hall–Kier alpha value is -1.92. The molecule has 0 atom stereocenters. The third-order valence-electron chi connectivity index (χ3n) is 4.09. The highest BCUT2D eigenvalue weighted by Gasteiger charge is 2.14. The molecule has 2 aromatic heterocycles. The van der Waals surface area contributed by atoms with Gasteiger partial charge in [0.2, 0.25) is 0 Å². The van der Waals surface area contributed by atoms with Gasteiger partial charge in [0.15, 0.2) is 0 Å². The molecule has 3 aromatic rings. The first-order chi connectivity index (χ1) is 11.9. The van der Waals surface area contributed by atoms with Crippen LogP contribution in [0.4, 0.5) is 0 Å². The summed E-state index contributed by atoms with van der Waals surface area (Å²) in [6, 6.07) is 7.81. The first kappa shape index (κ1) is 17.9. The van der Waals surface area contributed by atoms with Crippen molar-refractivity contribution in [2.75, 3.05) is 14.1 Å². The molecule has 2 heterocycles. The first-order valence-electron chi connectivity index (χ1n) is 8.04. The van der Waals surface area contributed by atoms with Gasteiger partial charge >= 0.3 is 0 Å². The minimum atomic E-state index is 0.0247. The Morgan fingerprint density at radius 3 is 2.44 bits per heavy atom. The van der Waals surface area contributed by atoms with Crippen molar-refractivity contribution in [3.8, 4) is 0 Å². The van der Waals surface area contributed by atoms with Crippen LogP contribution in [-0.4, -0.2) is 34.9 Å². The molecular formula is C19H21N3OS2. The van der Waals surface area contributed by atoms with E-state index in [1.54, 1.807) is 42.1 Å². The Kier molecular flexibility index (Phi) is 5.11. The molecule has 0 unspecified atom stereocenters. The fraction of sp³-hybridized carbons (Fsp3) is 0.316. The Balaban J connectivity index is 1.82. The lowest BCUT2D eigenvalue weighted by Gasteiger charge is -2.10. The summed E-state index contributed by atoms with van der Waals surface area (Å²) in [7, 11) is 3.53. The summed E-state index contributed by atoms with van der Waals surface area (Å²) in [6.45, 7) is 6.21. The summed E-state index contributed by atoms with van der Waals surface area (Å²) < 4.78 is 0. The highest BCUT2D eigenvalue weighted by Crippen LogP contribution is 2.36. The standard InChI is InChI=1S/C19H21N3OS2/c1-11-12(2)25-18-16(11)17(20-13(3)21-18)24-10-14-6-8-15(9-7-14)19(23)22(4)5/h6-9H,10H2,1-5H3. The quantitative estimate of drug-likeness (QED) is 0.496. The molecular weight excluding hydrogens is 350 g/mol. The van der Waals surface area contributed by atoms with Crippen molar-refractivity contribution in [3.63, 3.8) is 0 Å². The van der Waals surface area contributed by atoms with Gasteiger partial charge in [-0.1, -0.05) is 12.1 Å². The van der Waals surface area contributed by atoms with Crippen LogP contribution in [0.15, 0.2) is 29.3 Å². The third-order valence-corrected chi connectivity index (χ3v) is 6.24. The lowest BCUT2D eigenvalue weighted by Crippen LogP contribution is -2.21. The fourth-order valence-corrected chi connectivity index (χ4v) is 4.80. The summed E-state index contributed by atoms with van der Waals surface area (Å²) in [4.78, 5) is 25.1. The topological polar surface area (TPSA) is 46.1 Å². The molecule has 0 aliphatic carbocycles. The zero-order valence-corrected chi connectivity index (χ0v) is 16.7. The van der Waals surface area contributed by atoms with E-state index in [2.05, 4.69) is 23.8 Å². The molecule has 0 saturated carbocycles.